The number of nitrogens with one attached hydrogen (secondary N) is 1. The molecule has 1 N–H and O–H groups in total. The van der Waals surface area contributed by atoms with Crippen LogP contribution in [0.5, 0.6) is 0 Å². The monoisotopic (exact) mass is 328 g/mol. The first kappa shape index (κ1) is 15.2. The zero-order chi connectivity index (χ0) is 15.4. The molecule has 1 aliphatic heterocycles. The standard InChI is InChI=1S/C17H16N2OS2/c1-12-6-8-14(9-7-12)18-16(20)11-22-17-19-15-5-3-2-4-13(15)10-21-17/h2-9H,10-11H2,1H3,(H,18,20). The lowest BCUT2D eigenvalue weighted by atomic mass is 10.2. The van der Waals surface area contributed by atoms with E-state index in [-0.39, 0.29) is 5.91 Å². The third-order valence-electron chi connectivity index (χ3n) is 3.22. The lowest BCUT2D eigenvalue weighted by Gasteiger charge is -2.14. The van der Waals surface area contributed by atoms with Crippen LogP contribution in [0.2, 0.25) is 0 Å². The number of hydrogen-bond acceptors (Lipinski definition) is 4. The summed E-state index contributed by atoms with van der Waals surface area (Å²) in [6.45, 7) is 2.03. The Balaban J connectivity index is 1.55. The van der Waals surface area contributed by atoms with Gasteiger partial charge in [-0.1, -0.05) is 59.4 Å². The van der Waals surface area contributed by atoms with Gasteiger partial charge in [0.25, 0.3) is 0 Å². The van der Waals surface area contributed by atoms with E-state index >= 15 is 0 Å². The van der Waals surface area contributed by atoms with Crippen LogP contribution < -0.4 is 5.32 Å². The lowest BCUT2D eigenvalue weighted by molar-refractivity contribution is -0.113. The van der Waals surface area contributed by atoms with Gasteiger partial charge < -0.3 is 5.32 Å². The van der Waals surface area contributed by atoms with Gasteiger partial charge >= 0.3 is 0 Å². The number of anilines is 1. The molecule has 3 rings (SSSR count). The minimum absolute atomic E-state index is 0.00369. The van der Waals surface area contributed by atoms with Crippen LogP contribution in [0.4, 0.5) is 11.4 Å². The van der Waals surface area contributed by atoms with E-state index in [9.17, 15) is 4.79 Å². The van der Waals surface area contributed by atoms with Crippen LogP contribution in [0.25, 0.3) is 0 Å². The molecule has 0 saturated carbocycles. The Labute approximate surface area is 138 Å². The molecule has 2 aromatic rings. The zero-order valence-corrected chi connectivity index (χ0v) is 13.8. The van der Waals surface area contributed by atoms with Gasteiger partial charge in [-0.05, 0) is 30.7 Å². The van der Waals surface area contributed by atoms with E-state index in [1.54, 1.807) is 11.8 Å². The van der Waals surface area contributed by atoms with Gasteiger partial charge in [-0.25, -0.2) is 4.99 Å². The molecule has 0 aromatic heterocycles. The Bertz CT molecular complexity index is 711. The first-order valence-electron chi connectivity index (χ1n) is 6.99. The third-order valence-corrected chi connectivity index (χ3v) is 5.46. The van der Waals surface area contributed by atoms with Crippen LogP contribution in [-0.4, -0.2) is 16.0 Å². The Hall–Kier alpha value is -1.72. The maximum absolute atomic E-state index is 12.0. The van der Waals surface area contributed by atoms with E-state index in [2.05, 4.69) is 16.4 Å². The van der Waals surface area contributed by atoms with Gasteiger partial charge in [0.05, 0.1) is 11.4 Å². The van der Waals surface area contributed by atoms with Crippen LogP contribution in [0.15, 0.2) is 53.5 Å². The lowest BCUT2D eigenvalue weighted by Crippen LogP contribution is -2.15. The van der Waals surface area contributed by atoms with Crippen LogP contribution >= 0.6 is 23.5 Å². The van der Waals surface area contributed by atoms with Crippen molar-refractivity contribution in [2.45, 2.75) is 12.7 Å². The molecule has 1 aliphatic rings. The molecule has 0 radical (unpaired) electrons. The number of para-hydroxylation sites is 1. The first-order valence-corrected chi connectivity index (χ1v) is 8.96. The fourth-order valence-corrected chi connectivity index (χ4v) is 3.91. The van der Waals surface area contributed by atoms with E-state index < -0.39 is 0 Å². The summed E-state index contributed by atoms with van der Waals surface area (Å²) in [5.74, 6) is 1.29. The van der Waals surface area contributed by atoms with E-state index in [4.69, 9.17) is 0 Å². The maximum Gasteiger partial charge on any atom is 0.234 e. The van der Waals surface area contributed by atoms with Crippen molar-refractivity contribution in [3.05, 3.63) is 59.7 Å². The van der Waals surface area contributed by atoms with Crippen molar-refractivity contribution in [3.8, 4) is 0 Å². The Morgan fingerprint density at radius 1 is 1.23 bits per heavy atom. The van der Waals surface area contributed by atoms with Crippen molar-refractivity contribution in [3.63, 3.8) is 0 Å². The summed E-state index contributed by atoms with van der Waals surface area (Å²) < 4.78 is 0.956. The summed E-state index contributed by atoms with van der Waals surface area (Å²) in [5, 5.41) is 2.90. The van der Waals surface area contributed by atoms with E-state index in [0.717, 1.165) is 21.5 Å². The van der Waals surface area contributed by atoms with Crippen molar-refractivity contribution in [2.24, 2.45) is 4.99 Å². The Morgan fingerprint density at radius 2 is 2.00 bits per heavy atom. The second-order valence-corrected chi connectivity index (χ2v) is 7.18. The number of thioether (sulfide) groups is 2. The van der Waals surface area contributed by atoms with Crippen molar-refractivity contribution >= 4 is 45.2 Å². The Morgan fingerprint density at radius 3 is 2.82 bits per heavy atom. The number of aliphatic imine (C=N–C) groups is 1. The maximum atomic E-state index is 12.0. The molecular weight excluding hydrogens is 312 g/mol. The van der Waals surface area contributed by atoms with Crippen molar-refractivity contribution in [1.82, 2.24) is 0 Å². The molecule has 0 atom stereocenters. The minimum atomic E-state index is -0.00369. The molecule has 0 aliphatic carbocycles. The van der Waals surface area contributed by atoms with Gasteiger partial charge in [-0.15, -0.1) is 0 Å². The minimum Gasteiger partial charge on any atom is -0.325 e. The molecule has 112 valence electrons. The molecular formula is C17H16N2OS2. The van der Waals surface area contributed by atoms with Crippen molar-refractivity contribution in [1.29, 1.82) is 0 Å². The van der Waals surface area contributed by atoms with E-state index in [1.165, 1.54) is 22.9 Å². The number of nitrogens with zero attached hydrogens (tertiary/aromatic N) is 1. The number of carbonyl (C=O) groups is 1. The highest BCUT2D eigenvalue weighted by atomic mass is 32.2. The quantitative estimate of drug-likeness (QED) is 0.895. The van der Waals surface area contributed by atoms with Crippen LogP contribution in [0.1, 0.15) is 11.1 Å². The molecule has 0 spiro atoms. The average molecular weight is 328 g/mol. The largest absolute Gasteiger partial charge is 0.325 e. The number of aryl methyl sites for hydroxylation is 1. The summed E-state index contributed by atoms with van der Waals surface area (Å²) in [7, 11) is 0. The smallest absolute Gasteiger partial charge is 0.234 e. The number of benzene rings is 2. The first-order chi connectivity index (χ1) is 10.7. The fourth-order valence-electron chi connectivity index (χ4n) is 2.05. The molecule has 3 nitrogen and oxygen atoms in total. The Kier molecular flexibility index (Phi) is 4.85. The average Bonchev–Trinajstić information content (AvgIpc) is 2.55. The molecule has 0 saturated heterocycles. The predicted octanol–water partition coefficient (Wildman–Crippen LogP) is 4.60. The number of carbonyl (C=O) groups excluding carboxylic acids is 1. The van der Waals surface area contributed by atoms with Gasteiger partial charge in [0.2, 0.25) is 5.91 Å². The van der Waals surface area contributed by atoms with Gasteiger partial charge in [-0.2, -0.15) is 0 Å². The summed E-state index contributed by atoms with van der Waals surface area (Å²) in [5.41, 5.74) is 4.28. The predicted molar refractivity (Wildman–Crippen MR) is 97.1 cm³/mol. The van der Waals surface area contributed by atoms with Crippen molar-refractivity contribution in [2.75, 3.05) is 11.1 Å². The normalized spacial score (nSPS) is 13.2. The molecule has 0 unspecified atom stereocenters. The topological polar surface area (TPSA) is 41.5 Å². The third kappa shape index (κ3) is 3.93. The summed E-state index contributed by atoms with van der Waals surface area (Å²) in [6.07, 6.45) is 0. The SMILES string of the molecule is Cc1ccc(NC(=O)CSC2=Nc3ccccc3CS2)cc1. The number of amides is 1. The van der Waals surface area contributed by atoms with Gasteiger partial charge in [0.1, 0.15) is 4.38 Å². The zero-order valence-electron chi connectivity index (χ0n) is 12.2. The number of hydrogen-bond donors (Lipinski definition) is 1. The van der Waals surface area contributed by atoms with E-state index in [0.29, 0.717) is 5.75 Å². The van der Waals surface area contributed by atoms with E-state index in [1.807, 2.05) is 49.4 Å². The second-order valence-electron chi connectivity index (χ2n) is 5.00. The second kappa shape index (κ2) is 7.03. The van der Waals surface area contributed by atoms with Gasteiger partial charge in [-0.3, -0.25) is 4.79 Å². The number of rotatable bonds is 3. The molecule has 0 fully saturated rings. The summed E-state index contributed by atoms with van der Waals surface area (Å²) in [6, 6.07) is 15.9. The highest BCUT2D eigenvalue weighted by Gasteiger charge is 2.14. The molecule has 22 heavy (non-hydrogen) atoms. The summed E-state index contributed by atoms with van der Waals surface area (Å²) in [4.78, 5) is 16.6. The molecule has 1 amide bonds. The summed E-state index contributed by atoms with van der Waals surface area (Å²) >= 11 is 3.18. The van der Waals surface area contributed by atoms with Crippen LogP contribution in [0, 0.1) is 6.92 Å². The fraction of sp³-hybridized carbons (Fsp3) is 0.176. The molecule has 0 bridgehead atoms. The van der Waals surface area contributed by atoms with Crippen molar-refractivity contribution < 1.29 is 4.79 Å². The molecule has 5 heteroatoms. The molecule has 1 heterocycles. The van der Waals surface area contributed by atoms with Crippen LogP contribution in [0.3, 0.4) is 0 Å². The highest BCUT2D eigenvalue weighted by molar-refractivity contribution is 8.38. The van der Waals surface area contributed by atoms with Gasteiger partial charge in [0.15, 0.2) is 0 Å². The van der Waals surface area contributed by atoms with Gasteiger partial charge in [0, 0.05) is 11.4 Å². The molecule has 2 aromatic carbocycles. The number of fused-ring (bicyclic) bond motifs is 1. The highest BCUT2D eigenvalue weighted by Crippen LogP contribution is 2.34. The van der Waals surface area contributed by atoms with Crippen LogP contribution in [-0.2, 0) is 10.5 Å².